The van der Waals surface area contributed by atoms with Crippen molar-refractivity contribution in [2.45, 2.75) is 49.8 Å². The minimum absolute atomic E-state index is 0.241. The van der Waals surface area contributed by atoms with Gasteiger partial charge >= 0.3 is 0 Å². The molecule has 0 spiro atoms. The summed E-state index contributed by atoms with van der Waals surface area (Å²) in [4.78, 5) is 0. The first-order valence-corrected chi connectivity index (χ1v) is 12.5. The Morgan fingerprint density at radius 2 is 1.85 bits per heavy atom. The van der Waals surface area contributed by atoms with Gasteiger partial charge in [0.2, 0.25) is 10.0 Å². The van der Waals surface area contributed by atoms with Crippen LogP contribution in [0.2, 0.25) is 0 Å². The van der Waals surface area contributed by atoms with E-state index in [0.717, 1.165) is 36.0 Å². The van der Waals surface area contributed by atoms with Gasteiger partial charge in [-0.25, -0.2) is 17.2 Å². The molecule has 2 aliphatic carbocycles. The number of hydrogen-bond acceptors (Lipinski definition) is 4. The first-order chi connectivity index (χ1) is 15.9. The first kappa shape index (κ1) is 21.7. The molecular formula is C24H23F2N3O3S. The third-order valence-electron chi connectivity index (χ3n) is 6.28. The second-order valence-electron chi connectivity index (χ2n) is 8.59. The van der Waals surface area contributed by atoms with Gasteiger partial charge in [0, 0.05) is 17.1 Å². The summed E-state index contributed by atoms with van der Waals surface area (Å²) >= 11 is 0. The average molecular weight is 472 g/mol. The molecule has 1 heterocycles. The topological polar surface area (TPSA) is 84.1 Å². The van der Waals surface area contributed by atoms with Crippen LogP contribution in [0.25, 0.3) is 22.2 Å². The van der Waals surface area contributed by atoms with Crippen LogP contribution in [0, 0.1) is 11.3 Å². The maximum absolute atomic E-state index is 12.6. The fourth-order valence-electron chi connectivity index (χ4n) is 4.29. The molecule has 3 aromatic rings. The Balaban J connectivity index is 1.56. The van der Waals surface area contributed by atoms with Crippen molar-refractivity contribution >= 4 is 26.6 Å². The smallest absolute Gasteiger partial charge is 0.272 e. The van der Waals surface area contributed by atoms with E-state index in [1.807, 2.05) is 18.2 Å². The van der Waals surface area contributed by atoms with Crippen molar-refractivity contribution in [2.75, 3.05) is 11.3 Å². The number of nitrogens with one attached hydrogen (secondary N) is 1. The maximum Gasteiger partial charge on any atom is 0.272 e. The molecule has 0 saturated heterocycles. The molecule has 0 radical (unpaired) electrons. The zero-order chi connectivity index (χ0) is 23.2. The van der Waals surface area contributed by atoms with Gasteiger partial charge in [0.05, 0.1) is 22.0 Å². The third-order valence-corrected chi connectivity index (χ3v) is 8.15. The lowest BCUT2D eigenvalue weighted by molar-refractivity contribution is 0.0820. The number of fused-ring (bicyclic) bond motifs is 1. The van der Waals surface area contributed by atoms with Crippen LogP contribution in [0.15, 0.2) is 42.5 Å². The second-order valence-corrected chi connectivity index (χ2v) is 10.6. The fraction of sp³-hybridized carbons (Fsp3) is 0.375. The summed E-state index contributed by atoms with van der Waals surface area (Å²) in [6.07, 6.45) is 1.87. The summed E-state index contributed by atoms with van der Waals surface area (Å²) in [6, 6.07) is 14.7. The molecule has 6 nitrogen and oxygen atoms in total. The molecule has 1 N–H and O–H groups in total. The number of sulfonamides is 1. The van der Waals surface area contributed by atoms with Crippen LogP contribution in [0.1, 0.15) is 43.7 Å². The number of hydrogen-bond donors (Lipinski definition) is 1. The second kappa shape index (κ2) is 8.34. The lowest BCUT2D eigenvalue weighted by atomic mass is 9.92. The van der Waals surface area contributed by atoms with Crippen molar-refractivity contribution in [3.63, 3.8) is 0 Å². The number of ether oxygens (including phenoxy) is 1. The molecule has 2 aliphatic rings. The summed E-state index contributed by atoms with van der Waals surface area (Å²) in [7, 11) is -3.36. The van der Waals surface area contributed by atoms with E-state index in [1.165, 1.54) is 0 Å². The molecule has 0 amide bonds. The van der Waals surface area contributed by atoms with Crippen LogP contribution < -0.4 is 9.46 Å². The highest BCUT2D eigenvalue weighted by Crippen LogP contribution is 2.43. The summed E-state index contributed by atoms with van der Waals surface area (Å²) in [6.45, 7) is -0.707. The molecular weight excluding hydrogens is 448 g/mol. The van der Waals surface area contributed by atoms with E-state index in [9.17, 15) is 22.5 Å². The quantitative estimate of drug-likeness (QED) is 0.473. The summed E-state index contributed by atoms with van der Waals surface area (Å²) < 4.78 is 59.6. The predicted octanol–water partition coefficient (Wildman–Crippen LogP) is 5.45. The SMILES string of the molecule is N#Cc1c(-c2ccc(NS(=O)(=O)C3CC3)cc2)n(C2CCC2)c2ccc(OCC(F)F)cc12. The van der Waals surface area contributed by atoms with Gasteiger partial charge in [-0.05, 0) is 68.0 Å². The van der Waals surface area contributed by atoms with Crippen LogP contribution in [0.4, 0.5) is 14.5 Å². The van der Waals surface area contributed by atoms with Crippen molar-refractivity contribution in [1.82, 2.24) is 4.57 Å². The van der Waals surface area contributed by atoms with E-state index in [-0.39, 0.29) is 11.3 Å². The van der Waals surface area contributed by atoms with Crippen LogP contribution >= 0.6 is 0 Å². The van der Waals surface area contributed by atoms with Gasteiger partial charge in [0.15, 0.2) is 0 Å². The van der Waals surface area contributed by atoms with Gasteiger partial charge in [0.1, 0.15) is 18.4 Å². The Bertz CT molecular complexity index is 1340. The lowest BCUT2D eigenvalue weighted by Gasteiger charge is -2.30. The fourth-order valence-corrected chi connectivity index (χ4v) is 5.67. The molecule has 0 aliphatic heterocycles. The van der Waals surface area contributed by atoms with E-state index in [4.69, 9.17) is 4.74 Å². The summed E-state index contributed by atoms with van der Waals surface area (Å²) in [5, 5.41) is 10.4. The lowest BCUT2D eigenvalue weighted by Crippen LogP contribution is -2.18. The van der Waals surface area contributed by atoms with E-state index >= 15 is 0 Å². The molecule has 0 unspecified atom stereocenters. The highest BCUT2D eigenvalue weighted by molar-refractivity contribution is 7.93. The largest absolute Gasteiger partial charge is 0.488 e. The number of alkyl halides is 2. The van der Waals surface area contributed by atoms with Gasteiger partial charge < -0.3 is 9.30 Å². The van der Waals surface area contributed by atoms with Crippen molar-refractivity contribution in [2.24, 2.45) is 0 Å². The van der Waals surface area contributed by atoms with E-state index in [2.05, 4.69) is 15.4 Å². The summed E-state index contributed by atoms with van der Waals surface area (Å²) in [5.41, 5.74) is 3.33. The molecule has 2 aromatic carbocycles. The molecule has 172 valence electrons. The molecule has 2 fully saturated rings. The number of nitrogens with zero attached hydrogens (tertiary/aromatic N) is 2. The Hall–Kier alpha value is -3.12. The normalized spacial score (nSPS) is 16.5. The Labute approximate surface area is 190 Å². The molecule has 2 saturated carbocycles. The van der Waals surface area contributed by atoms with Gasteiger partial charge in [0.25, 0.3) is 6.43 Å². The van der Waals surface area contributed by atoms with E-state index < -0.39 is 23.1 Å². The average Bonchev–Trinajstić information content (AvgIpc) is 3.56. The number of halogens is 2. The van der Waals surface area contributed by atoms with E-state index in [1.54, 1.807) is 24.3 Å². The molecule has 9 heteroatoms. The van der Waals surface area contributed by atoms with Crippen LogP contribution in [-0.4, -0.2) is 31.3 Å². The number of anilines is 1. The number of benzene rings is 2. The summed E-state index contributed by atoms with van der Waals surface area (Å²) in [5.74, 6) is 0.293. The zero-order valence-corrected chi connectivity index (χ0v) is 18.6. The highest BCUT2D eigenvalue weighted by Gasteiger charge is 2.35. The molecule has 5 rings (SSSR count). The number of rotatable bonds is 8. The van der Waals surface area contributed by atoms with Crippen LogP contribution in [0.5, 0.6) is 5.75 Å². The van der Waals surface area contributed by atoms with Gasteiger partial charge in [-0.3, -0.25) is 4.72 Å². The van der Waals surface area contributed by atoms with Crippen molar-refractivity contribution in [3.05, 3.63) is 48.0 Å². The highest BCUT2D eigenvalue weighted by atomic mass is 32.2. The molecule has 0 bridgehead atoms. The third kappa shape index (κ3) is 4.15. The molecule has 0 atom stereocenters. The van der Waals surface area contributed by atoms with Gasteiger partial charge in [-0.15, -0.1) is 0 Å². The Morgan fingerprint density at radius 1 is 1.12 bits per heavy atom. The van der Waals surface area contributed by atoms with Crippen LogP contribution in [0.3, 0.4) is 0 Å². The van der Waals surface area contributed by atoms with Gasteiger partial charge in [-0.2, -0.15) is 5.26 Å². The predicted molar refractivity (Wildman–Crippen MR) is 122 cm³/mol. The standard InChI is InChI=1S/C24H23F2N3O3S/c25-23(26)14-32-18-8-11-22-20(12-18)21(13-27)24(29(22)17-2-1-3-17)15-4-6-16(7-5-15)28-33(30,31)19-9-10-19/h4-8,11-12,17,19,23,28H,1-3,9-10,14H2. The monoisotopic (exact) mass is 471 g/mol. The van der Waals surface area contributed by atoms with Gasteiger partial charge in [-0.1, -0.05) is 12.1 Å². The minimum atomic E-state index is -3.36. The zero-order valence-electron chi connectivity index (χ0n) is 17.8. The molecule has 33 heavy (non-hydrogen) atoms. The number of aromatic nitrogens is 1. The molecule has 1 aromatic heterocycles. The maximum atomic E-state index is 12.6. The van der Waals surface area contributed by atoms with Crippen molar-refractivity contribution in [3.8, 4) is 23.1 Å². The van der Waals surface area contributed by atoms with Crippen molar-refractivity contribution < 1.29 is 21.9 Å². The van der Waals surface area contributed by atoms with Crippen LogP contribution in [-0.2, 0) is 10.0 Å². The van der Waals surface area contributed by atoms with E-state index in [0.29, 0.717) is 35.2 Å². The Morgan fingerprint density at radius 3 is 2.42 bits per heavy atom. The Kier molecular flexibility index (Phi) is 5.49. The first-order valence-electron chi connectivity index (χ1n) is 11.0. The minimum Gasteiger partial charge on any atom is -0.488 e. The van der Waals surface area contributed by atoms with Crippen molar-refractivity contribution in [1.29, 1.82) is 5.26 Å². The number of nitriles is 1.